The fourth-order valence-electron chi connectivity index (χ4n) is 15.4. The predicted octanol–water partition coefficient (Wildman–Crippen LogP) is 11.5. The summed E-state index contributed by atoms with van der Waals surface area (Å²) in [6.07, 6.45) is 47.6. The summed E-state index contributed by atoms with van der Waals surface area (Å²) in [5, 5.41) is 0. The minimum atomic E-state index is 1.00. The molecule has 0 aromatic carbocycles. The second-order valence-corrected chi connectivity index (χ2v) is 18.8. The van der Waals surface area contributed by atoms with Crippen LogP contribution < -0.4 is 0 Å². The summed E-state index contributed by atoms with van der Waals surface area (Å²) in [6, 6.07) is 0. The SMILES string of the molecule is C1=CC2CC1C1CC3CCCCC3C21.C1=CC2CC1C1CCC21.C1=CC2CC1C1CCCC21.C1=CC2CC1C1CCCCC21. The number of hydrogen-bond donors (Lipinski definition) is 0. The molecule has 8 bridgehead atoms. The molecule has 13 rings (SSSR count). The molecule has 0 aromatic heterocycles. The number of rotatable bonds is 0. The van der Waals surface area contributed by atoms with Gasteiger partial charge in [-0.1, -0.05) is 87.1 Å². The maximum Gasteiger partial charge on any atom is -0.0194 e. The Morgan fingerprint density at radius 3 is 1.05 bits per heavy atom. The van der Waals surface area contributed by atoms with Crippen LogP contribution in [0.25, 0.3) is 0 Å². The quantitative estimate of drug-likeness (QED) is 0.246. The van der Waals surface area contributed by atoms with Crippen LogP contribution in [0.4, 0.5) is 0 Å². The zero-order valence-electron chi connectivity index (χ0n) is 27.7. The molecule has 0 heterocycles. The van der Waals surface area contributed by atoms with E-state index in [1.807, 2.05) is 0 Å². The van der Waals surface area contributed by atoms with E-state index in [1.165, 1.54) is 96.3 Å². The molecule has 18 unspecified atom stereocenters. The van der Waals surface area contributed by atoms with Gasteiger partial charge in [0.15, 0.2) is 0 Å². The number of fused-ring (bicyclic) bond motifs is 22. The zero-order chi connectivity index (χ0) is 28.8. The Balaban J connectivity index is 0.0000000784. The van der Waals surface area contributed by atoms with Gasteiger partial charge in [0.1, 0.15) is 0 Å². The first-order valence-corrected chi connectivity index (χ1v) is 20.5. The highest BCUT2D eigenvalue weighted by Crippen LogP contribution is 2.63. The van der Waals surface area contributed by atoms with Crippen LogP contribution in [-0.2, 0) is 0 Å². The summed E-state index contributed by atoms with van der Waals surface area (Å²) in [5.41, 5.74) is 0. The molecule has 9 saturated carbocycles. The molecule has 13 aliphatic rings. The Kier molecular flexibility index (Phi) is 7.19. The molecule has 0 amide bonds. The van der Waals surface area contributed by atoms with Gasteiger partial charge in [-0.3, -0.25) is 0 Å². The van der Waals surface area contributed by atoms with Gasteiger partial charge in [0.2, 0.25) is 0 Å². The summed E-state index contributed by atoms with van der Waals surface area (Å²) in [6.45, 7) is 0. The average Bonchev–Trinajstić information content (AvgIpc) is 3.89. The summed E-state index contributed by atoms with van der Waals surface area (Å²) in [7, 11) is 0. The van der Waals surface area contributed by atoms with Gasteiger partial charge in [-0.2, -0.15) is 0 Å². The molecule has 13 aliphatic carbocycles. The van der Waals surface area contributed by atoms with E-state index in [1.54, 1.807) is 19.3 Å². The van der Waals surface area contributed by atoms with E-state index < -0.39 is 0 Å². The van der Waals surface area contributed by atoms with Gasteiger partial charge < -0.3 is 0 Å². The van der Waals surface area contributed by atoms with Crippen LogP contribution in [0.5, 0.6) is 0 Å². The lowest BCUT2D eigenvalue weighted by molar-refractivity contribution is 0.162. The molecule has 0 radical (unpaired) electrons. The second kappa shape index (κ2) is 11.3. The van der Waals surface area contributed by atoms with Crippen LogP contribution in [-0.4, -0.2) is 0 Å². The fourth-order valence-corrected chi connectivity index (χ4v) is 15.4. The van der Waals surface area contributed by atoms with E-state index in [-0.39, 0.29) is 0 Å². The third-order valence-electron chi connectivity index (χ3n) is 17.4. The predicted molar refractivity (Wildman–Crippen MR) is 182 cm³/mol. The van der Waals surface area contributed by atoms with E-state index >= 15 is 0 Å². The smallest absolute Gasteiger partial charge is 0.0194 e. The van der Waals surface area contributed by atoms with E-state index in [9.17, 15) is 0 Å². The van der Waals surface area contributed by atoms with Crippen molar-refractivity contribution in [2.45, 2.75) is 116 Å². The van der Waals surface area contributed by atoms with Crippen molar-refractivity contribution in [1.29, 1.82) is 0 Å². The van der Waals surface area contributed by atoms with Crippen molar-refractivity contribution in [3.8, 4) is 0 Å². The molecule has 0 aromatic rings. The van der Waals surface area contributed by atoms with Crippen molar-refractivity contribution in [2.24, 2.45) is 107 Å². The van der Waals surface area contributed by atoms with E-state index in [0.29, 0.717) is 0 Å². The maximum absolute atomic E-state index is 2.56. The highest BCUT2D eigenvalue weighted by molar-refractivity contribution is 5.19. The number of allylic oxidation sites excluding steroid dienone is 8. The van der Waals surface area contributed by atoms with Crippen molar-refractivity contribution in [3.05, 3.63) is 48.6 Å². The average molecular weight is 591 g/mol. The maximum atomic E-state index is 2.56. The summed E-state index contributed by atoms with van der Waals surface area (Å²) >= 11 is 0. The molecular weight excluding hydrogens is 528 g/mol. The monoisotopic (exact) mass is 590 g/mol. The van der Waals surface area contributed by atoms with Crippen LogP contribution in [0.2, 0.25) is 0 Å². The number of hydrogen-bond acceptors (Lipinski definition) is 0. The Morgan fingerprint density at radius 1 is 0.250 bits per heavy atom. The lowest BCUT2D eigenvalue weighted by atomic mass is 9.68. The standard InChI is InChI=1S/C14H20.C11H16.C10H14.C9H12/c1-2-4-12-9(3-1)8-13-10-5-6-11(7-10)14(12)13;1-2-4-11-9-6-5-8(7-9)10(11)3-1;1-2-9-7-4-5-8(6-7)10(9)3-1;1-2-7-5-6(1)8-3-4-9(7)8/h5-6,9-14H,1-4,7-8H2;5-6,8-11H,1-4,7H2;4-5,7-10H,1-3,6H2;1-2,6-9H,3-5H2. The van der Waals surface area contributed by atoms with Gasteiger partial charge in [-0.15, -0.1) is 0 Å². The zero-order valence-corrected chi connectivity index (χ0v) is 27.7. The van der Waals surface area contributed by atoms with Crippen molar-refractivity contribution >= 4 is 0 Å². The van der Waals surface area contributed by atoms with Crippen molar-refractivity contribution in [3.63, 3.8) is 0 Å². The summed E-state index contributed by atoms with van der Waals surface area (Å²) < 4.78 is 0. The molecule has 18 atom stereocenters. The first kappa shape index (κ1) is 28.0. The molecular formula is C44H62. The first-order chi connectivity index (χ1) is 21.8. The topological polar surface area (TPSA) is 0 Å². The summed E-state index contributed by atoms with van der Waals surface area (Å²) in [4.78, 5) is 0. The summed E-state index contributed by atoms with van der Waals surface area (Å²) in [5.74, 6) is 19.4. The largest absolute Gasteiger partial charge is 0.0848 e. The highest BCUT2D eigenvalue weighted by atomic mass is 14.6. The molecule has 0 N–H and O–H groups in total. The van der Waals surface area contributed by atoms with Gasteiger partial charge in [0.25, 0.3) is 0 Å². The van der Waals surface area contributed by atoms with Gasteiger partial charge in [-0.25, -0.2) is 0 Å². The van der Waals surface area contributed by atoms with Crippen molar-refractivity contribution < 1.29 is 0 Å². The van der Waals surface area contributed by atoms with Crippen molar-refractivity contribution in [1.82, 2.24) is 0 Å². The third-order valence-corrected chi connectivity index (χ3v) is 17.4. The molecule has 0 heteroatoms. The van der Waals surface area contributed by atoms with E-state index in [2.05, 4.69) is 48.6 Å². The molecule has 0 spiro atoms. The van der Waals surface area contributed by atoms with Gasteiger partial charge >= 0.3 is 0 Å². The van der Waals surface area contributed by atoms with Crippen LogP contribution in [0, 0.1) is 107 Å². The fraction of sp³-hybridized carbons (Fsp3) is 0.818. The Morgan fingerprint density at radius 2 is 0.591 bits per heavy atom. The lowest BCUT2D eigenvalue weighted by Crippen LogP contribution is -2.28. The Bertz CT molecular complexity index is 1130. The van der Waals surface area contributed by atoms with Gasteiger partial charge in [0, 0.05) is 0 Å². The minimum Gasteiger partial charge on any atom is -0.0848 e. The van der Waals surface area contributed by atoms with E-state index in [0.717, 1.165) is 107 Å². The minimum absolute atomic E-state index is 1.00. The molecule has 0 nitrogen and oxygen atoms in total. The van der Waals surface area contributed by atoms with Crippen LogP contribution in [0.15, 0.2) is 48.6 Å². The third kappa shape index (κ3) is 4.55. The lowest BCUT2D eigenvalue weighted by Gasteiger charge is -2.37. The van der Waals surface area contributed by atoms with Crippen LogP contribution >= 0.6 is 0 Å². The first-order valence-electron chi connectivity index (χ1n) is 20.5. The van der Waals surface area contributed by atoms with Crippen molar-refractivity contribution in [2.75, 3.05) is 0 Å². The van der Waals surface area contributed by atoms with Gasteiger partial charge in [-0.05, 0) is 184 Å². The highest BCUT2D eigenvalue weighted by Gasteiger charge is 2.55. The molecule has 44 heavy (non-hydrogen) atoms. The molecule has 9 fully saturated rings. The molecule has 238 valence electrons. The van der Waals surface area contributed by atoms with Gasteiger partial charge in [0.05, 0.1) is 0 Å². The van der Waals surface area contributed by atoms with E-state index in [4.69, 9.17) is 0 Å². The Hall–Kier alpha value is -1.04. The molecule has 0 saturated heterocycles. The molecule has 0 aliphatic heterocycles. The Labute approximate surface area is 270 Å². The van der Waals surface area contributed by atoms with Crippen LogP contribution in [0.3, 0.4) is 0 Å². The van der Waals surface area contributed by atoms with Crippen LogP contribution in [0.1, 0.15) is 116 Å². The normalized spacial score (nSPS) is 56.9. The second-order valence-electron chi connectivity index (χ2n) is 18.8.